The summed E-state index contributed by atoms with van der Waals surface area (Å²) in [5, 5.41) is 1.54. The lowest BCUT2D eigenvalue weighted by molar-refractivity contribution is -0.130. The molecule has 1 atom stereocenters. The molecule has 5 nitrogen and oxygen atoms in total. The topological polar surface area (TPSA) is 55.2 Å². The van der Waals surface area contributed by atoms with E-state index in [-0.39, 0.29) is 11.5 Å². The first kappa shape index (κ1) is 19.0. The van der Waals surface area contributed by atoms with Gasteiger partial charge in [0, 0.05) is 24.5 Å². The molecule has 2 aromatic rings. The van der Waals surface area contributed by atoms with Crippen molar-refractivity contribution in [1.29, 1.82) is 0 Å². The molecule has 0 spiro atoms. The van der Waals surface area contributed by atoms with Crippen LogP contribution in [0, 0.1) is 5.92 Å². The molecule has 0 saturated carbocycles. The van der Waals surface area contributed by atoms with E-state index >= 15 is 0 Å². The number of hydrogen-bond donors (Lipinski definition) is 0. The summed E-state index contributed by atoms with van der Waals surface area (Å²) in [7, 11) is 0. The number of carbonyl (C=O) groups is 1. The van der Waals surface area contributed by atoms with E-state index in [1.807, 2.05) is 4.90 Å². The minimum Gasteiger partial charge on any atom is -0.342 e. The third-order valence-electron chi connectivity index (χ3n) is 5.57. The van der Waals surface area contributed by atoms with Crippen LogP contribution < -0.4 is 5.56 Å². The number of carbonyl (C=O) groups excluding carboxylic acids is 1. The standard InChI is InChI=1S/C20H27N3O2S2/c1-3-9-23-19(25)17-14-7-4-8-15(14)27-18(17)21-20(23)26-12-16(24)22-10-5-6-13(2)11-22/h13H,3-12H2,1-2H3/t13-/m0/s1. The molecule has 1 fully saturated rings. The Morgan fingerprint density at radius 2 is 2.19 bits per heavy atom. The summed E-state index contributed by atoms with van der Waals surface area (Å²) in [6.07, 6.45) is 6.37. The Hall–Kier alpha value is -1.34. The van der Waals surface area contributed by atoms with Gasteiger partial charge in [0.2, 0.25) is 5.91 Å². The van der Waals surface area contributed by atoms with E-state index in [1.165, 1.54) is 28.6 Å². The van der Waals surface area contributed by atoms with Crippen LogP contribution in [-0.4, -0.2) is 39.2 Å². The minimum atomic E-state index is 0.0859. The summed E-state index contributed by atoms with van der Waals surface area (Å²) in [5.74, 6) is 1.10. The van der Waals surface area contributed by atoms with Gasteiger partial charge >= 0.3 is 0 Å². The van der Waals surface area contributed by atoms with Gasteiger partial charge in [0.25, 0.3) is 5.56 Å². The molecule has 0 radical (unpaired) electrons. The van der Waals surface area contributed by atoms with Gasteiger partial charge < -0.3 is 4.90 Å². The van der Waals surface area contributed by atoms with E-state index in [0.29, 0.717) is 23.4 Å². The van der Waals surface area contributed by atoms with Crippen LogP contribution in [-0.2, 0) is 24.2 Å². The molecule has 2 aliphatic rings. The summed E-state index contributed by atoms with van der Waals surface area (Å²) in [4.78, 5) is 34.8. The molecular formula is C20H27N3O2S2. The fraction of sp³-hybridized carbons (Fsp3) is 0.650. The quantitative estimate of drug-likeness (QED) is 0.562. The summed E-state index contributed by atoms with van der Waals surface area (Å²) in [5.41, 5.74) is 1.31. The Morgan fingerprint density at radius 1 is 1.33 bits per heavy atom. The summed E-state index contributed by atoms with van der Waals surface area (Å²) in [6.45, 7) is 6.64. The number of hydrogen-bond acceptors (Lipinski definition) is 5. The maximum Gasteiger partial charge on any atom is 0.263 e. The van der Waals surface area contributed by atoms with Crippen molar-refractivity contribution in [2.24, 2.45) is 5.92 Å². The Balaban J connectivity index is 1.60. The maximum atomic E-state index is 13.2. The van der Waals surface area contributed by atoms with Crippen molar-refractivity contribution in [3.05, 3.63) is 20.8 Å². The van der Waals surface area contributed by atoms with E-state index in [0.717, 1.165) is 55.4 Å². The van der Waals surface area contributed by atoms with Gasteiger partial charge in [-0.1, -0.05) is 25.6 Å². The van der Waals surface area contributed by atoms with Crippen molar-refractivity contribution in [3.63, 3.8) is 0 Å². The number of aryl methyl sites for hydroxylation is 2. The lowest BCUT2D eigenvalue weighted by Gasteiger charge is -2.30. The fourth-order valence-corrected chi connectivity index (χ4v) is 6.45. The number of piperidine rings is 1. The highest BCUT2D eigenvalue weighted by atomic mass is 32.2. The molecule has 0 unspecified atom stereocenters. The SMILES string of the molecule is CCCn1c(SCC(=O)N2CCC[C@H](C)C2)nc2sc3c(c2c1=O)CCC3. The molecular weight excluding hydrogens is 378 g/mol. The predicted octanol–water partition coefficient (Wildman–Crippen LogP) is 3.71. The monoisotopic (exact) mass is 405 g/mol. The molecule has 3 heterocycles. The number of rotatable bonds is 5. The highest BCUT2D eigenvalue weighted by molar-refractivity contribution is 7.99. The van der Waals surface area contributed by atoms with Crippen molar-refractivity contribution >= 4 is 39.2 Å². The third kappa shape index (κ3) is 3.68. The zero-order chi connectivity index (χ0) is 19.0. The van der Waals surface area contributed by atoms with Gasteiger partial charge in [-0.15, -0.1) is 11.3 Å². The van der Waals surface area contributed by atoms with Gasteiger partial charge in [-0.05, 0) is 50.0 Å². The molecule has 1 saturated heterocycles. The maximum absolute atomic E-state index is 13.2. The molecule has 1 amide bonds. The second-order valence-corrected chi connectivity index (χ2v) is 9.79. The van der Waals surface area contributed by atoms with Crippen LogP contribution in [0.5, 0.6) is 0 Å². The second kappa shape index (κ2) is 7.95. The van der Waals surface area contributed by atoms with E-state index < -0.39 is 0 Å². The smallest absolute Gasteiger partial charge is 0.263 e. The molecule has 0 N–H and O–H groups in total. The molecule has 4 rings (SSSR count). The van der Waals surface area contributed by atoms with Crippen LogP contribution in [0.3, 0.4) is 0 Å². The molecule has 1 aliphatic heterocycles. The zero-order valence-corrected chi connectivity index (χ0v) is 17.8. The average Bonchev–Trinajstić information content (AvgIpc) is 3.23. The van der Waals surface area contributed by atoms with E-state index in [1.54, 1.807) is 15.9 Å². The largest absolute Gasteiger partial charge is 0.342 e. The molecule has 0 bridgehead atoms. The van der Waals surface area contributed by atoms with E-state index in [9.17, 15) is 9.59 Å². The highest BCUT2D eigenvalue weighted by Gasteiger charge is 2.25. The van der Waals surface area contributed by atoms with Crippen molar-refractivity contribution in [1.82, 2.24) is 14.5 Å². The molecule has 7 heteroatoms. The lowest BCUT2D eigenvalue weighted by Crippen LogP contribution is -2.40. The minimum absolute atomic E-state index is 0.0859. The number of thiophene rings is 1. The van der Waals surface area contributed by atoms with Gasteiger partial charge in [0.15, 0.2) is 5.16 Å². The third-order valence-corrected chi connectivity index (χ3v) is 7.72. The van der Waals surface area contributed by atoms with Crippen molar-refractivity contribution < 1.29 is 4.79 Å². The van der Waals surface area contributed by atoms with Gasteiger partial charge in [-0.3, -0.25) is 14.2 Å². The summed E-state index contributed by atoms with van der Waals surface area (Å²) >= 11 is 3.10. The van der Waals surface area contributed by atoms with E-state index in [4.69, 9.17) is 4.98 Å². The van der Waals surface area contributed by atoms with Crippen LogP contribution in [0.4, 0.5) is 0 Å². The molecule has 146 valence electrons. The molecule has 2 aromatic heterocycles. The highest BCUT2D eigenvalue weighted by Crippen LogP contribution is 2.35. The number of nitrogens with zero attached hydrogens (tertiary/aromatic N) is 3. The summed E-state index contributed by atoms with van der Waals surface area (Å²) < 4.78 is 1.80. The molecule has 27 heavy (non-hydrogen) atoms. The average molecular weight is 406 g/mol. The fourth-order valence-electron chi connectivity index (χ4n) is 4.22. The first-order valence-corrected chi connectivity index (χ1v) is 11.8. The van der Waals surface area contributed by atoms with Crippen molar-refractivity contribution in [3.8, 4) is 0 Å². The van der Waals surface area contributed by atoms with Crippen LogP contribution in [0.2, 0.25) is 0 Å². The van der Waals surface area contributed by atoms with Crippen molar-refractivity contribution in [2.75, 3.05) is 18.8 Å². The first-order valence-electron chi connectivity index (χ1n) is 10.0. The van der Waals surface area contributed by atoms with E-state index in [2.05, 4.69) is 13.8 Å². The number of fused-ring (bicyclic) bond motifs is 3. The Bertz CT molecular complexity index is 918. The summed E-state index contributed by atoms with van der Waals surface area (Å²) in [6, 6.07) is 0. The Kier molecular flexibility index (Phi) is 5.60. The van der Waals surface area contributed by atoms with Crippen molar-refractivity contribution in [2.45, 2.75) is 64.1 Å². The molecule has 0 aromatic carbocycles. The number of amides is 1. The van der Waals surface area contributed by atoms with Crippen LogP contribution in [0.25, 0.3) is 10.2 Å². The van der Waals surface area contributed by atoms with Gasteiger partial charge in [0.1, 0.15) is 4.83 Å². The number of thioether (sulfide) groups is 1. The lowest BCUT2D eigenvalue weighted by atomic mass is 10.0. The molecule has 1 aliphatic carbocycles. The first-order chi connectivity index (χ1) is 13.1. The normalized spacial score (nSPS) is 19.6. The predicted molar refractivity (Wildman–Crippen MR) is 112 cm³/mol. The van der Waals surface area contributed by atoms with Gasteiger partial charge in [-0.25, -0.2) is 4.98 Å². The Labute approximate surface area is 168 Å². The van der Waals surface area contributed by atoms with Crippen LogP contribution >= 0.6 is 23.1 Å². The number of aromatic nitrogens is 2. The van der Waals surface area contributed by atoms with Gasteiger partial charge in [0.05, 0.1) is 11.1 Å². The van der Waals surface area contributed by atoms with Gasteiger partial charge in [-0.2, -0.15) is 0 Å². The number of likely N-dealkylation sites (tertiary alicyclic amines) is 1. The van der Waals surface area contributed by atoms with Crippen LogP contribution in [0.15, 0.2) is 9.95 Å². The zero-order valence-electron chi connectivity index (χ0n) is 16.1. The second-order valence-electron chi connectivity index (χ2n) is 7.76. The Morgan fingerprint density at radius 3 is 2.96 bits per heavy atom. The van der Waals surface area contributed by atoms with Crippen LogP contribution in [0.1, 0.15) is 50.0 Å².